The maximum Gasteiger partial charge on any atom is 0.253 e. The number of rotatable bonds is 8. The van der Waals surface area contributed by atoms with Crippen LogP contribution in [0.4, 0.5) is 0 Å². The Morgan fingerprint density at radius 1 is 1.32 bits per heavy atom. The van der Waals surface area contributed by atoms with E-state index in [2.05, 4.69) is 41.2 Å². The molecule has 2 aromatic rings. The van der Waals surface area contributed by atoms with Crippen molar-refractivity contribution in [2.45, 2.75) is 52.0 Å². The number of pyridine rings is 1. The maximum atomic E-state index is 12.8. The molecule has 6 nitrogen and oxygen atoms in total. The van der Waals surface area contributed by atoms with Crippen LogP contribution in [0, 0.1) is 11.8 Å². The molecular formula is C22H33N5O. The number of hydrogen-bond donors (Lipinski definition) is 1. The van der Waals surface area contributed by atoms with Crippen LogP contribution in [0.1, 0.15) is 56.3 Å². The van der Waals surface area contributed by atoms with Crippen LogP contribution >= 0.6 is 0 Å². The Kier molecular flexibility index (Phi) is 7.20. The Morgan fingerprint density at radius 3 is 2.82 bits per heavy atom. The average molecular weight is 384 g/mol. The number of nitrogens with one attached hydrogen (secondary N) is 1. The molecule has 0 saturated heterocycles. The fourth-order valence-electron chi connectivity index (χ4n) is 3.90. The first-order valence-electron chi connectivity index (χ1n) is 10.5. The summed E-state index contributed by atoms with van der Waals surface area (Å²) in [5.74, 6) is 1.93. The lowest BCUT2D eigenvalue weighted by atomic mass is 9.84. The van der Waals surface area contributed by atoms with Crippen LogP contribution in [0.5, 0.6) is 0 Å². The molecule has 0 unspecified atom stereocenters. The monoisotopic (exact) mass is 383 g/mol. The summed E-state index contributed by atoms with van der Waals surface area (Å²) in [6, 6.07) is 5.75. The Morgan fingerprint density at radius 2 is 2.14 bits per heavy atom. The fourth-order valence-corrected chi connectivity index (χ4v) is 3.90. The van der Waals surface area contributed by atoms with E-state index in [-0.39, 0.29) is 11.9 Å². The second-order valence-electron chi connectivity index (χ2n) is 8.42. The summed E-state index contributed by atoms with van der Waals surface area (Å²) >= 11 is 0. The smallest absolute Gasteiger partial charge is 0.253 e. The van der Waals surface area contributed by atoms with Gasteiger partial charge in [-0.2, -0.15) is 5.10 Å². The standard InChI is InChI=1S/C22H33N5O/c1-17(2)11-14-26(3)16-19-7-4-5-8-20(19)25-22(28)18-9-10-21(23-15-18)27-13-6-12-24-27/h6,9-10,12-13,15,17,19-20H,4-5,7-8,11,14,16H2,1-3H3,(H,25,28)/t19-,20+/m0/s1. The number of aromatic nitrogens is 3. The molecule has 1 fully saturated rings. The van der Waals surface area contributed by atoms with E-state index >= 15 is 0 Å². The van der Waals surface area contributed by atoms with Crippen molar-refractivity contribution in [3.8, 4) is 5.82 Å². The summed E-state index contributed by atoms with van der Waals surface area (Å²) in [7, 11) is 2.20. The van der Waals surface area contributed by atoms with Crippen molar-refractivity contribution in [2.75, 3.05) is 20.1 Å². The van der Waals surface area contributed by atoms with Crippen LogP contribution in [-0.4, -0.2) is 51.8 Å². The quantitative estimate of drug-likeness (QED) is 0.757. The van der Waals surface area contributed by atoms with Crippen molar-refractivity contribution in [3.05, 3.63) is 42.4 Å². The van der Waals surface area contributed by atoms with Crippen molar-refractivity contribution in [1.29, 1.82) is 0 Å². The number of hydrogen-bond acceptors (Lipinski definition) is 4. The zero-order valence-corrected chi connectivity index (χ0v) is 17.3. The van der Waals surface area contributed by atoms with E-state index in [4.69, 9.17) is 0 Å². The number of amides is 1. The van der Waals surface area contributed by atoms with Gasteiger partial charge >= 0.3 is 0 Å². The fraction of sp³-hybridized carbons (Fsp3) is 0.591. The predicted octanol–water partition coefficient (Wildman–Crippen LogP) is 3.53. The van der Waals surface area contributed by atoms with Gasteiger partial charge in [0, 0.05) is 31.2 Å². The number of carbonyl (C=O) groups is 1. The van der Waals surface area contributed by atoms with Gasteiger partial charge in [0.25, 0.3) is 5.91 Å². The summed E-state index contributed by atoms with van der Waals surface area (Å²) < 4.78 is 1.69. The van der Waals surface area contributed by atoms with Crippen molar-refractivity contribution < 1.29 is 4.79 Å². The van der Waals surface area contributed by atoms with Gasteiger partial charge in [-0.15, -0.1) is 0 Å². The Balaban J connectivity index is 1.57. The van der Waals surface area contributed by atoms with Gasteiger partial charge in [-0.05, 0) is 62.9 Å². The molecule has 1 aliphatic carbocycles. The molecule has 1 saturated carbocycles. The van der Waals surface area contributed by atoms with E-state index in [0.29, 0.717) is 17.3 Å². The minimum absolute atomic E-state index is 0.0266. The van der Waals surface area contributed by atoms with Gasteiger partial charge in [0.05, 0.1) is 5.56 Å². The summed E-state index contributed by atoms with van der Waals surface area (Å²) in [4.78, 5) is 19.6. The van der Waals surface area contributed by atoms with E-state index in [1.807, 2.05) is 24.4 Å². The van der Waals surface area contributed by atoms with Crippen molar-refractivity contribution in [3.63, 3.8) is 0 Å². The molecule has 2 atom stereocenters. The highest BCUT2D eigenvalue weighted by Gasteiger charge is 2.27. The van der Waals surface area contributed by atoms with Crippen LogP contribution < -0.4 is 5.32 Å². The Labute approximate surface area is 168 Å². The van der Waals surface area contributed by atoms with Gasteiger partial charge in [0.1, 0.15) is 0 Å². The van der Waals surface area contributed by atoms with Gasteiger partial charge in [-0.1, -0.05) is 26.7 Å². The number of nitrogens with zero attached hydrogens (tertiary/aromatic N) is 4. The molecule has 0 spiro atoms. The topological polar surface area (TPSA) is 63.1 Å². The van der Waals surface area contributed by atoms with Gasteiger partial charge in [-0.25, -0.2) is 9.67 Å². The molecule has 1 amide bonds. The van der Waals surface area contributed by atoms with E-state index in [1.165, 1.54) is 25.7 Å². The molecule has 0 aliphatic heterocycles. The Hall–Kier alpha value is -2.21. The van der Waals surface area contributed by atoms with Gasteiger partial charge in [0.15, 0.2) is 5.82 Å². The highest BCUT2D eigenvalue weighted by atomic mass is 16.1. The van der Waals surface area contributed by atoms with E-state index in [1.54, 1.807) is 17.1 Å². The molecule has 28 heavy (non-hydrogen) atoms. The molecular weight excluding hydrogens is 350 g/mol. The minimum Gasteiger partial charge on any atom is -0.349 e. The van der Waals surface area contributed by atoms with E-state index in [9.17, 15) is 4.79 Å². The lowest BCUT2D eigenvalue weighted by molar-refractivity contribution is 0.0890. The summed E-state index contributed by atoms with van der Waals surface area (Å²) in [6.07, 6.45) is 11.1. The molecule has 0 radical (unpaired) electrons. The molecule has 3 rings (SSSR count). The first kappa shape index (κ1) is 20.5. The van der Waals surface area contributed by atoms with E-state index in [0.717, 1.165) is 25.4 Å². The largest absolute Gasteiger partial charge is 0.349 e. The van der Waals surface area contributed by atoms with Crippen molar-refractivity contribution >= 4 is 5.91 Å². The number of carbonyl (C=O) groups excluding carboxylic acids is 1. The molecule has 2 heterocycles. The van der Waals surface area contributed by atoms with E-state index < -0.39 is 0 Å². The van der Waals surface area contributed by atoms with Gasteiger partial charge in [-0.3, -0.25) is 4.79 Å². The summed E-state index contributed by atoms with van der Waals surface area (Å²) in [5, 5.41) is 7.45. The van der Waals surface area contributed by atoms with Gasteiger partial charge in [0.2, 0.25) is 0 Å². The van der Waals surface area contributed by atoms with Crippen LogP contribution in [0.15, 0.2) is 36.8 Å². The first-order valence-corrected chi connectivity index (χ1v) is 10.5. The molecule has 6 heteroatoms. The third-order valence-corrected chi connectivity index (χ3v) is 5.61. The predicted molar refractivity (Wildman–Crippen MR) is 112 cm³/mol. The Bertz CT molecular complexity index is 726. The summed E-state index contributed by atoms with van der Waals surface area (Å²) in [6.45, 7) is 6.70. The third kappa shape index (κ3) is 5.64. The average Bonchev–Trinajstić information content (AvgIpc) is 3.23. The maximum absolute atomic E-state index is 12.8. The van der Waals surface area contributed by atoms with Crippen LogP contribution in [0.2, 0.25) is 0 Å². The highest BCUT2D eigenvalue weighted by molar-refractivity contribution is 5.94. The third-order valence-electron chi connectivity index (χ3n) is 5.61. The van der Waals surface area contributed by atoms with Crippen molar-refractivity contribution in [2.24, 2.45) is 11.8 Å². The van der Waals surface area contributed by atoms with Crippen LogP contribution in [0.3, 0.4) is 0 Å². The SMILES string of the molecule is CC(C)CCN(C)C[C@@H]1CCCC[C@H]1NC(=O)c1ccc(-n2cccn2)nc1. The van der Waals surface area contributed by atoms with Crippen LogP contribution in [-0.2, 0) is 0 Å². The molecule has 2 aromatic heterocycles. The first-order chi connectivity index (χ1) is 13.5. The van der Waals surface area contributed by atoms with Gasteiger partial charge < -0.3 is 10.2 Å². The summed E-state index contributed by atoms with van der Waals surface area (Å²) in [5.41, 5.74) is 0.605. The molecule has 152 valence electrons. The zero-order valence-electron chi connectivity index (χ0n) is 17.3. The lowest BCUT2D eigenvalue weighted by Crippen LogP contribution is -2.46. The lowest BCUT2D eigenvalue weighted by Gasteiger charge is -2.35. The highest BCUT2D eigenvalue weighted by Crippen LogP contribution is 2.25. The molecule has 1 N–H and O–H groups in total. The van der Waals surface area contributed by atoms with Crippen molar-refractivity contribution in [1.82, 2.24) is 25.0 Å². The van der Waals surface area contributed by atoms with Crippen LogP contribution in [0.25, 0.3) is 5.82 Å². The second-order valence-corrected chi connectivity index (χ2v) is 8.42. The molecule has 1 aliphatic rings. The normalized spacial score (nSPS) is 19.9. The zero-order chi connectivity index (χ0) is 19.9. The minimum atomic E-state index is -0.0266. The second kappa shape index (κ2) is 9.82. The molecule has 0 bridgehead atoms. The molecule has 0 aromatic carbocycles.